The van der Waals surface area contributed by atoms with Crippen molar-refractivity contribution in [3.05, 3.63) is 29.6 Å². The van der Waals surface area contributed by atoms with Crippen LogP contribution in [0.4, 0.5) is 8.78 Å². The molecule has 4 unspecified atom stereocenters. The molecule has 2 fully saturated rings. The maximum Gasteiger partial charge on any atom is 0.249 e. The molecule has 0 saturated heterocycles. The van der Waals surface area contributed by atoms with E-state index >= 15 is 0 Å². The summed E-state index contributed by atoms with van der Waals surface area (Å²) in [6, 6.07) is 1.75. The smallest absolute Gasteiger partial charge is 0.249 e. The van der Waals surface area contributed by atoms with Crippen LogP contribution in [0, 0.1) is 23.6 Å². The molecule has 2 nitrogen and oxygen atoms in total. The molecule has 2 aliphatic rings. The molecule has 0 aromatic carbocycles. The van der Waals surface area contributed by atoms with E-state index in [1.54, 1.807) is 6.07 Å². The minimum atomic E-state index is -0.992. The first-order valence-corrected chi connectivity index (χ1v) is 5.72. The largest absolute Gasteiger partial charge is 0.327 e. The van der Waals surface area contributed by atoms with E-state index in [1.807, 2.05) is 0 Å². The zero-order valence-electron chi connectivity index (χ0n) is 8.87. The van der Waals surface area contributed by atoms with Gasteiger partial charge in [0.05, 0.1) is 0 Å². The van der Waals surface area contributed by atoms with Gasteiger partial charge in [-0.25, -0.2) is 9.37 Å². The van der Waals surface area contributed by atoms with E-state index in [9.17, 15) is 8.78 Å². The van der Waals surface area contributed by atoms with Gasteiger partial charge in [-0.3, -0.25) is 0 Å². The van der Waals surface area contributed by atoms with Crippen molar-refractivity contribution in [2.75, 3.05) is 0 Å². The van der Waals surface area contributed by atoms with Crippen molar-refractivity contribution in [2.45, 2.75) is 31.2 Å². The number of hydrogen-bond donors (Lipinski definition) is 1. The van der Waals surface area contributed by atoms with Gasteiger partial charge in [-0.2, -0.15) is 4.39 Å². The lowest BCUT2D eigenvalue weighted by molar-refractivity contribution is 0.353. The predicted octanol–water partition coefficient (Wildman–Crippen LogP) is 2.20. The highest BCUT2D eigenvalue weighted by Gasteiger charge is 2.46. The Morgan fingerprint density at radius 2 is 2.06 bits per heavy atom. The average molecular weight is 224 g/mol. The van der Waals surface area contributed by atoms with Crippen molar-refractivity contribution in [3.8, 4) is 0 Å². The Balaban J connectivity index is 1.96. The summed E-state index contributed by atoms with van der Waals surface area (Å²) in [5, 5.41) is 0. The third-order valence-corrected chi connectivity index (χ3v) is 4.14. The summed E-state index contributed by atoms with van der Waals surface area (Å²) in [4.78, 5) is 3.32. The Morgan fingerprint density at radius 3 is 2.75 bits per heavy atom. The van der Waals surface area contributed by atoms with Gasteiger partial charge in [-0.05, 0) is 48.6 Å². The normalized spacial score (nSPS) is 36.9. The third kappa shape index (κ3) is 1.36. The molecule has 1 aromatic heterocycles. The molecule has 2 aliphatic carbocycles. The van der Waals surface area contributed by atoms with Gasteiger partial charge >= 0.3 is 0 Å². The van der Waals surface area contributed by atoms with Crippen molar-refractivity contribution in [1.29, 1.82) is 0 Å². The van der Waals surface area contributed by atoms with Crippen LogP contribution < -0.4 is 5.73 Å². The van der Waals surface area contributed by atoms with E-state index in [-0.39, 0.29) is 12.0 Å². The van der Waals surface area contributed by atoms with E-state index in [1.165, 1.54) is 6.20 Å². The lowest BCUT2D eigenvalue weighted by Gasteiger charge is -2.27. The van der Waals surface area contributed by atoms with Gasteiger partial charge in [0.15, 0.2) is 5.82 Å². The van der Waals surface area contributed by atoms with Crippen LogP contribution >= 0.6 is 0 Å². The first kappa shape index (κ1) is 10.1. The monoisotopic (exact) mass is 224 g/mol. The third-order valence-electron chi connectivity index (χ3n) is 4.14. The highest BCUT2D eigenvalue weighted by molar-refractivity contribution is 5.24. The second-order valence-electron chi connectivity index (χ2n) is 5.01. The lowest BCUT2D eigenvalue weighted by atomic mass is 9.81. The number of fused-ring (bicyclic) bond motifs is 2. The number of nitrogens with zero attached hydrogens (tertiary/aromatic N) is 1. The molecule has 1 aromatic rings. The number of halogens is 2. The van der Waals surface area contributed by atoms with Crippen LogP contribution in [0.5, 0.6) is 0 Å². The van der Waals surface area contributed by atoms with E-state index in [0.29, 0.717) is 17.4 Å². The van der Waals surface area contributed by atoms with Gasteiger partial charge in [0, 0.05) is 12.2 Å². The van der Waals surface area contributed by atoms with Crippen molar-refractivity contribution in [3.63, 3.8) is 0 Å². The van der Waals surface area contributed by atoms with E-state index in [2.05, 4.69) is 4.98 Å². The van der Waals surface area contributed by atoms with Crippen molar-refractivity contribution < 1.29 is 8.78 Å². The second kappa shape index (κ2) is 3.48. The van der Waals surface area contributed by atoms with Gasteiger partial charge in [0.2, 0.25) is 5.95 Å². The van der Waals surface area contributed by atoms with Crippen LogP contribution in [0.1, 0.15) is 30.7 Å². The molecule has 16 heavy (non-hydrogen) atoms. The molecular weight excluding hydrogens is 210 g/mol. The van der Waals surface area contributed by atoms with Crippen molar-refractivity contribution in [1.82, 2.24) is 4.98 Å². The Labute approximate surface area is 92.9 Å². The maximum atomic E-state index is 13.6. The summed E-state index contributed by atoms with van der Waals surface area (Å²) in [6.45, 7) is 0. The van der Waals surface area contributed by atoms with Crippen LogP contribution in [0.2, 0.25) is 0 Å². The Morgan fingerprint density at radius 1 is 1.25 bits per heavy atom. The van der Waals surface area contributed by atoms with Crippen molar-refractivity contribution >= 4 is 0 Å². The minimum absolute atomic E-state index is 0.0891. The molecule has 2 saturated carbocycles. The summed E-state index contributed by atoms with van der Waals surface area (Å²) < 4.78 is 26.7. The highest BCUT2D eigenvalue weighted by Crippen LogP contribution is 2.52. The Kier molecular flexibility index (Phi) is 2.21. The summed E-state index contributed by atoms with van der Waals surface area (Å²) in [7, 11) is 0. The first-order chi connectivity index (χ1) is 7.66. The Hall–Kier alpha value is -1.03. The lowest BCUT2D eigenvalue weighted by Crippen LogP contribution is -2.31. The molecule has 0 amide bonds. The zero-order chi connectivity index (χ0) is 11.3. The van der Waals surface area contributed by atoms with Crippen LogP contribution in [0.15, 0.2) is 12.3 Å². The molecular formula is C12H14F2N2. The molecule has 3 rings (SSSR count). The van der Waals surface area contributed by atoms with Gasteiger partial charge in [0.25, 0.3) is 0 Å². The predicted molar refractivity (Wildman–Crippen MR) is 55.7 cm³/mol. The fourth-order valence-electron chi connectivity index (χ4n) is 3.48. The first-order valence-electron chi connectivity index (χ1n) is 5.72. The van der Waals surface area contributed by atoms with Crippen LogP contribution in [-0.4, -0.2) is 11.0 Å². The van der Waals surface area contributed by atoms with Crippen LogP contribution in [0.3, 0.4) is 0 Å². The van der Waals surface area contributed by atoms with Crippen LogP contribution in [-0.2, 0) is 0 Å². The molecule has 0 spiro atoms. The standard InChI is InChI=1S/C12H14F2N2/c13-11-7(1-2-16-12(11)14)8-3-6-4-9(8)10(15)5-6/h1-2,6,8-10H,3-5,15H2. The zero-order valence-corrected chi connectivity index (χ0v) is 8.87. The molecule has 86 valence electrons. The quantitative estimate of drug-likeness (QED) is 0.743. The van der Waals surface area contributed by atoms with E-state index in [4.69, 9.17) is 5.73 Å². The number of hydrogen-bond acceptors (Lipinski definition) is 2. The molecule has 4 heteroatoms. The molecule has 1 heterocycles. The summed E-state index contributed by atoms with van der Waals surface area (Å²) in [6.07, 6.45) is 4.38. The molecule has 0 aliphatic heterocycles. The minimum Gasteiger partial charge on any atom is -0.327 e. The number of aromatic nitrogens is 1. The van der Waals surface area contributed by atoms with Gasteiger partial charge in [-0.1, -0.05) is 0 Å². The van der Waals surface area contributed by atoms with Crippen molar-refractivity contribution in [2.24, 2.45) is 17.6 Å². The fraction of sp³-hybridized carbons (Fsp3) is 0.583. The second-order valence-corrected chi connectivity index (χ2v) is 5.01. The van der Waals surface area contributed by atoms with Crippen LogP contribution in [0.25, 0.3) is 0 Å². The highest BCUT2D eigenvalue weighted by atomic mass is 19.2. The molecule has 2 N–H and O–H groups in total. The fourth-order valence-corrected chi connectivity index (χ4v) is 3.48. The number of nitrogens with two attached hydrogens (primary N) is 1. The number of pyridine rings is 1. The summed E-state index contributed by atoms with van der Waals surface area (Å²) in [5.74, 6) is -0.769. The average Bonchev–Trinajstić information content (AvgIpc) is 2.80. The molecule has 2 bridgehead atoms. The Bertz CT molecular complexity index is 421. The van der Waals surface area contributed by atoms with Gasteiger partial charge < -0.3 is 5.73 Å². The van der Waals surface area contributed by atoms with Gasteiger partial charge in [0.1, 0.15) is 0 Å². The topological polar surface area (TPSA) is 38.9 Å². The molecule has 0 radical (unpaired) electrons. The summed E-state index contributed by atoms with van der Waals surface area (Å²) in [5.41, 5.74) is 6.47. The van der Waals surface area contributed by atoms with E-state index in [0.717, 1.165) is 19.3 Å². The van der Waals surface area contributed by atoms with Gasteiger partial charge in [-0.15, -0.1) is 0 Å². The number of rotatable bonds is 1. The maximum absolute atomic E-state index is 13.6. The van der Waals surface area contributed by atoms with E-state index < -0.39 is 11.8 Å². The SMILES string of the molecule is NC1CC2CC(c3ccnc(F)c3F)C1C2. The summed E-state index contributed by atoms with van der Waals surface area (Å²) >= 11 is 0. The molecule has 4 atom stereocenters.